The Morgan fingerprint density at radius 2 is 1.69 bits per heavy atom. The smallest absolute Gasteiger partial charge is 0.333 e. The highest BCUT2D eigenvalue weighted by Crippen LogP contribution is 2.14. The summed E-state index contributed by atoms with van der Waals surface area (Å²) in [5.41, 5.74) is 5.76. The van der Waals surface area contributed by atoms with Crippen LogP contribution in [0.3, 0.4) is 0 Å². The van der Waals surface area contributed by atoms with Crippen molar-refractivity contribution in [3.05, 3.63) is 71.3 Å². The van der Waals surface area contributed by atoms with Gasteiger partial charge in [-0.15, -0.1) is 0 Å². The number of halogens is 2. The second kappa shape index (κ2) is 10.4. The van der Waals surface area contributed by atoms with Crippen molar-refractivity contribution < 1.29 is 18.4 Å². The quantitative estimate of drug-likeness (QED) is 0.512. The van der Waals surface area contributed by atoms with Crippen LogP contribution < -0.4 is 16.2 Å². The van der Waals surface area contributed by atoms with Crippen LogP contribution in [0.1, 0.15) is 11.1 Å². The minimum atomic E-state index is -0.538. The van der Waals surface area contributed by atoms with E-state index in [1.807, 2.05) is 0 Å². The topological polar surface area (TPSA) is 70.2 Å². The second-order valence-electron chi connectivity index (χ2n) is 5.38. The molecule has 3 amide bonds. The molecule has 0 spiro atoms. The molecule has 0 aliphatic rings. The number of carbonyl (C=O) groups excluding carboxylic acids is 2. The van der Waals surface area contributed by atoms with Gasteiger partial charge in [0.05, 0.1) is 6.42 Å². The molecule has 0 bridgehead atoms. The molecule has 2 aromatic carbocycles. The van der Waals surface area contributed by atoms with E-state index in [-0.39, 0.29) is 18.1 Å². The van der Waals surface area contributed by atoms with Crippen LogP contribution in [-0.2, 0) is 17.0 Å². The lowest BCUT2D eigenvalue weighted by Crippen LogP contribution is -2.47. The number of thioether (sulfide) groups is 1. The Hall–Kier alpha value is -2.61. The van der Waals surface area contributed by atoms with Gasteiger partial charge in [0, 0.05) is 18.1 Å². The Kier molecular flexibility index (Phi) is 7.88. The molecule has 0 atom stereocenters. The van der Waals surface area contributed by atoms with Gasteiger partial charge in [0.15, 0.2) is 0 Å². The summed E-state index contributed by atoms with van der Waals surface area (Å²) >= 11 is 1.49. The van der Waals surface area contributed by atoms with Crippen LogP contribution in [0.4, 0.5) is 13.6 Å². The summed E-state index contributed by atoms with van der Waals surface area (Å²) in [6.07, 6.45) is 0.0268. The Bertz CT molecular complexity index is 741. The summed E-state index contributed by atoms with van der Waals surface area (Å²) in [7, 11) is 0. The minimum absolute atomic E-state index is 0.0268. The SMILES string of the molecule is O=C(Cc1ccc(F)cc1)NNC(=O)NCCSCc1ccccc1F. The largest absolute Gasteiger partial charge is 0.336 e. The summed E-state index contributed by atoms with van der Waals surface area (Å²) < 4.78 is 26.2. The van der Waals surface area contributed by atoms with E-state index >= 15 is 0 Å². The van der Waals surface area contributed by atoms with Crippen molar-refractivity contribution in [2.24, 2.45) is 0 Å². The summed E-state index contributed by atoms with van der Waals surface area (Å²) in [5.74, 6) is 0.0881. The molecule has 138 valence electrons. The lowest BCUT2D eigenvalue weighted by atomic mass is 10.1. The number of nitrogens with one attached hydrogen (secondary N) is 3. The van der Waals surface area contributed by atoms with Crippen LogP contribution in [0.5, 0.6) is 0 Å². The minimum Gasteiger partial charge on any atom is -0.336 e. The van der Waals surface area contributed by atoms with E-state index in [0.29, 0.717) is 29.2 Å². The lowest BCUT2D eigenvalue weighted by Gasteiger charge is -2.09. The molecule has 0 saturated carbocycles. The molecule has 0 unspecified atom stereocenters. The first-order chi connectivity index (χ1) is 12.5. The number of carbonyl (C=O) groups is 2. The van der Waals surface area contributed by atoms with Gasteiger partial charge < -0.3 is 5.32 Å². The molecule has 0 aliphatic carbocycles. The third-order valence-electron chi connectivity index (χ3n) is 3.34. The number of hydrogen-bond donors (Lipinski definition) is 3. The van der Waals surface area contributed by atoms with Gasteiger partial charge in [0.25, 0.3) is 0 Å². The summed E-state index contributed by atoms with van der Waals surface area (Å²) in [6.45, 7) is 0.374. The molecule has 0 radical (unpaired) electrons. The van der Waals surface area contributed by atoms with Crippen LogP contribution >= 0.6 is 11.8 Å². The Morgan fingerprint density at radius 1 is 0.962 bits per heavy atom. The summed E-state index contributed by atoms with van der Waals surface area (Å²) in [6, 6.07) is 11.5. The Labute approximate surface area is 154 Å². The van der Waals surface area contributed by atoms with Gasteiger partial charge in [-0.05, 0) is 29.3 Å². The first kappa shape index (κ1) is 19.7. The zero-order valence-corrected chi connectivity index (χ0v) is 14.7. The third-order valence-corrected chi connectivity index (χ3v) is 4.35. The van der Waals surface area contributed by atoms with Crippen LogP contribution in [0.25, 0.3) is 0 Å². The van der Waals surface area contributed by atoms with Gasteiger partial charge in [0.1, 0.15) is 11.6 Å². The lowest BCUT2D eigenvalue weighted by molar-refractivity contribution is -0.121. The maximum absolute atomic E-state index is 13.4. The first-order valence-corrected chi connectivity index (χ1v) is 9.08. The van der Waals surface area contributed by atoms with Gasteiger partial charge in [-0.2, -0.15) is 11.8 Å². The molecule has 0 aromatic heterocycles. The molecule has 5 nitrogen and oxygen atoms in total. The fourth-order valence-electron chi connectivity index (χ4n) is 2.04. The van der Waals surface area contributed by atoms with Crippen molar-refractivity contribution in [1.82, 2.24) is 16.2 Å². The standard InChI is InChI=1S/C18H19F2N3O2S/c19-15-7-5-13(6-8-15)11-17(24)22-23-18(25)21-9-10-26-12-14-3-1-2-4-16(14)20/h1-8H,9-12H2,(H,22,24)(H2,21,23,25). The predicted octanol–water partition coefficient (Wildman–Crippen LogP) is 2.77. The fraction of sp³-hybridized carbons (Fsp3) is 0.222. The first-order valence-electron chi connectivity index (χ1n) is 7.93. The van der Waals surface area contributed by atoms with Crippen LogP contribution in [0.15, 0.2) is 48.5 Å². The maximum Gasteiger partial charge on any atom is 0.333 e. The second-order valence-corrected chi connectivity index (χ2v) is 6.48. The number of benzene rings is 2. The van der Waals surface area contributed by atoms with Gasteiger partial charge in [-0.25, -0.2) is 19.0 Å². The van der Waals surface area contributed by atoms with E-state index in [4.69, 9.17) is 0 Å². The zero-order chi connectivity index (χ0) is 18.8. The highest BCUT2D eigenvalue weighted by atomic mass is 32.2. The van der Waals surface area contributed by atoms with E-state index in [1.54, 1.807) is 18.2 Å². The normalized spacial score (nSPS) is 10.2. The number of amides is 3. The number of urea groups is 1. The molecule has 0 saturated heterocycles. The Balaban J connectivity index is 1.56. The average molecular weight is 379 g/mol. The molecule has 2 rings (SSSR count). The highest BCUT2D eigenvalue weighted by Gasteiger charge is 2.06. The Morgan fingerprint density at radius 3 is 2.42 bits per heavy atom. The van der Waals surface area contributed by atoms with Gasteiger partial charge in [-0.3, -0.25) is 10.2 Å². The highest BCUT2D eigenvalue weighted by molar-refractivity contribution is 7.98. The van der Waals surface area contributed by atoms with E-state index in [1.165, 1.54) is 42.1 Å². The van der Waals surface area contributed by atoms with Crippen molar-refractivity contribution in [3.63, 3.8) is 0 Å². The molecule has 26 heavy (non-hydrogen) atoms. The fourth-order valence-corrected chi connectivity index (χ4v) is 2.88. The number of hydrogen-bond acceptors (Lipinski definition) is 3. The van der Waals surface area contributed by atoms with Crippen LogP contribution in [0.2, 0.25) is 0 Å². The molecule has 8 heteroatoms. The number of hydrazine groups is 1. The van der Waals surface area contributed by atoms with Crippen molar-refractivity contribution in [2.45, 2.75) is 12.2 Å². The predicted molar refractivity (Wildman–Crippen MR) is 97.3 cm³/mol. The van der Waals surface area contributed by atoms with Crippen LogP contribution in [0, 0.1) is 11.6 Å². The van der Waals surface area contributed by atoms with Gasteiger partial charge in [-0.1, -0.05) is 30.3 Å². The van der Waals surface area contributed by atoms with E-state index in [9.17, 15) is 18.4 Å². The molecule has 3 N–H and O–H groups in total. The maximum atomic E-state index is 13.4. The molecule has 0 fully saturated rings. The molecule has 0 heterocycles. The van der Waals surface area contributed by atoms with E-state index < -0.39 is 11.9 Å². The van der Waals surface area contributed by atoms with Crippen LogP contribution in [-0.4, -0.2) is 24.2 Å². The molecular formula is C18H19F2N3O2S. The summed E-state index contributed by atoms with van der Waals surface area (Å²) in [5, 5.41) is 2.58. The van der Waals surface area contributed by atoms with Gasteiger partial charge >= 0.3 is 6.03 Å². The average Bonchev–Trinajstić information content (AvgIpc) is 2.63. The van der Waals surface area contributed by atoms with E-state index in [0.717, 1.165) is 0 Å². The molecular weight excluding hydrogens is 360 g/mol. The van der Waals surface area contributed by atoms with Gasteiger partial charge in [0.2, 0.25) is 5.91 Å². The van der Waals surface area contributed by atoms with Crippen molar-refractivity contribution in [2.75, 3.05) is 12.3 Å². The van der Waals surface area contributed by atoms with Crippen molar-refractivity contribution in [1.29, 1.82) is 0 Å². The molecule has 2 aromatic rings. The monoisotopic (exact) mass is 379 g/mol. The summed E-state index contributed by atoms with van der Waals surface area (Å²) in [4.78, 5) is 23.3. The third kappa shape index (κ3) is 7.10. The van der Waals surface area contributed by atoms with E-state index in [2.05, 4.69) is 16.2 Å². The zero-order valence-electron chi connectivity index (χ0n) is 13.9. The van der Waals surface area contributed by atoms with Crippen molar-refractivity contribution >= 4 is 23.7 Å². The van der Waals surface area contributed by atoms with Crippen molar-refractivity contribution in [3.8, 4) is 0 Å². The molecule has 0 aliphatic heterocycles. The number of rotatable bonds is 7.